The summed E-state index contributed by atoms with van der Waals surface area (Å²) in [7, 11) is 0. The Bertz CT molecular complexity index is 1100. The van der Waals surface area contributed by atoms with Crippen molar-refractivity contribution in [2.75, 3.05) is 0 Å². The predicted octanol–water partition coefficient (Wildman–Crippen LogP) is 6.49. The van der Waals surface area contributed by atoms with Crippen LogP contribution in [0.2, 0.25) is 15.1 Å². The number of rotatable bonds is 1. The maximum atomic E-state index is 15.6. The molecule has 2 aromatic rings. The van der Waals surface area contributed by atoms with E-state index in [0.717, 1.165) is 20.1 Å². The molecule has 0 saturated heterocycles. The van der Waals surface area contributed by atoms with Crippen molar-refractivity contribution >= 4 is 53.1 Å². The number of fused-ring (bicyclic) bond motifs is 2. The molecule has 140 valence electrons. The quantitative estimate of drug-likeness (QED) is 0.460. The zero-order valence-electron chi connectivity index (χ0n) is 15.2. The number of aryl methyl sites for hydroxylation is 2. The third-order valence-electron chi connectivity index (χ3n) is 5.19. The number of aromatic nitrogens is 1. The molecule has 0 radical (unpaired) electrons. The van der Waals surface area contributed by atoms with Crippen LogP contribution in [0.4, 0.5) is 8.63 Å². The first kappa shape index (κ1) is 18.8. The van der Waals surface area contributed by atoms with Gasteiger partial charge in [-0.2, -0.15) is 0 Å². The van der Waals surface area contributed by atoms with E-state index in [9.17, 15) is 0 Å². The van der Waals surface area contributed by atoms with Gasteiger partial charge in [0, 0.05) is 34.9 Å². The molecule has 0 saturated carbocycles. The number of halogens is 5. The van der Waals surface area contributed by atoms with E-state index in [1.807, 2.05) is 13.8 Å². The van der Waals surface area contributed by atoms with Gasteiger partial charge in [0.1, 0.15) is 5.71 Å². The van der Waals surface area contributed by atoms with Gasteiger partial charge >= 0.3 is 6.97 Å². The molecular formula is C19H16BCl3F2N2. The van der Waals surface area contributed by atoms with Crippen LogP contribution >= 0.6 is 34.8 Å². The van der Waals surface area contributed by atoms with Crippen LogP contribution in [-0.4, -0.2) is 21.6 Å². The normalized spacial score (nSPS) is 18.0. The predicted molar refractivity (Wildman–Crippen MR) is 109 cm³/mol. The van der Waals surface area contributed by atoms with E-state index in [-0.39, 0.29) is 0 Å². The Kier molecular flexibility index (Phi) is 4.15. The summed E-state index contributed by atoms with van der Waals surface area (Å²) in [5.41, 5.74) is 4.47. The van der Waals surface area contributed by atoms with Gasteiger partial charge in [0.25, 0.3) is 0 Å². The second-order valence-corrected chi connectivity index (χ2v) is 8.33. The number of nitrogens with zero attached hydrogens (tertiary/aromatic N) is 2. The largest absolute Gasteiger partial charge is 0.737 e. The lowest BCUT2D eigenvalue weighted by molar-refractivity contribution is -0.363. The molecule has 2 aliphatic rings. The number of benzene rings is 1. The SMILES string of the molecule is CC1=CC(C)=[N+]2C1=C(c1c(Cl)cc(Cl)cc1Cl)c1c(C)cc(C)n1[B-]2(F)F. The van der Waals surface area contributed by atoms with Crippen LogP contribution in [0.25, 0.3) is 5.57 Å². The lowest BCUT2D eigenvalue weighted by Gasteiger charge is -2.34. The first-order chi connectivity index (χ1) is 12.6. The number of allylic oxidation sites excluding steroid dienone is 2. The van der Waals surface area contributed by atoms with Crippen molar-refractivity contribution in [3.8, 4) is 0 Å². The monoisotopic (exact) mass is 426 g/mol. The molecule has 1 aromatic carbocycles. The Morgan fingerprint density at radius 3 is 2.15 bits per heavy atom. The number of hydrogen-bond donors (Lipinski definition) is 0. The lowest BCUT2D eigenvalue weighted by atomic mass is 9.84. The molecule has 1 aromatic heterocycles. The minimum absolute atomic E-state index is 0.329. The number of hydrogen-bond acceptors (Lipinski definition) is 0. The molecule has 27 heavy (non-hydrogen) atoms. The minimum Gasteiger partial charge on any atom is -0.393 e. The van der Waals surface area contributed by atoms with Crippen molar-refractivity contribution in [1.29, 1.82) is 0 Å². The van der Waals surface area contributed by atoms with E-state index in [4.69, 9.17) is 34.8 Å². The van der Waals surface area contributed by atoms with Crippen molar-refractivity contribution in [3.63, 3.8) is 0 Å². The van der Waals surface area contributed by atoms with Crippen LogP contribution in [0.1, 0.15) is 36.4 Å². The third-order valence-corrected chi connectivity index (χ3v) is 6.01. The van der Waals surface area contributed by atoms with E-state index in [1.165, 1.54) is 0 Å². The van der Waals surface area contributed by atoms with Gasteiger partial charge < -0.3 is 17.6 Å². The molecule has 4 rings (SSSR count). The molecule has 3 heterocycles. The fourth-order valence-corrected chi connectivity index (χ4v) is 5.32. The molecule has 0 aliphatic carbocycles. The highest BCUT2D eigenvalue weighted by Gasteiger charge is 2.55. The minimum atomic E-state index is -4.03. The fourth-order valence-electron chi connectivity index (χ4n) is 4.32. The maximum absolute atomic E-state index is 15.6. The summed E-state index contributed by atoms with van der Waals surface area (Å²) in [5, 5.41) is 1.05. The maximum Gasteiger partial charge on any atom is 0.737 e. The molecule has 8 heteroatoms. The van der Waals surface area contributed by atoms with Crippen LogP contribution in [0, 0.1) is 13.8 Å². The Morgan fingerprint density at radius 1 is 0.963 bits per heavy atom. The Balaban J connectivity index is 2.23. The lowest BCUT2D eigenvalue weighted by Crippen LogP contribution is -2.51. The molecule has 0 spiro atoms. The average molecular weight is 428 g/mol. The van der Waals surface area contributed by atoms with E-state index < -0.39 is 6.97 Å². The summed E-state index contributed by atoms with van der Waals surface area (Å²) in [6.45, 7) is 2.99. The molecule has 2 aliphatic heterocycles. The summed E-state index contributed by atoms with van der Waals surface area (Å²) in [4.78, 5) is 0. The Hall–Kier alpha value is -1.56. The summed E-state index contributed by atoms with van der Waals surface area (Å²) in [6, 6.07) is 4.93. The van der Waals surface area contributed by atoms with E-state index in [1.54, 1.807) is 38.1 Å². The van der Waals surface area contributed by atoms with Crippen molar-refractivity contribution in [1.82, 2.24) is 4.48 Å². The van der Waals surface area contributed by atoms with Gasteiger partial charge in [0.05, 0.1) is 15.6 Å². The topological polar surface area (TPSA) is 7.94 Å². The Labute approximate surface area is 171 Å². The second kappa shape index (κ2) is 5.97. The van der Waals surface area contributed by atoms with Gasteiger partial charge in [-0.05, 0) is 50.2 Å². The first-order valence-electron chi connectivity index (χ1n) is 8.47. The fraction of sp³-hybridized carbons (Fsp3) is 0.211. The van der Waals surface area contributed by atoms with Crippen LogP contribution in [0.3, 0.4) is 0 Å². The summed E-state index contributed by atoms with van der Waals surface area (Å²) < 4.78 is 33.4. The molecule has 0 atom stereocenters. The molecule has 2 nitrogen and oxygen atoms in total. The molecule has 0 bridgehead atoms. The van der Waals surface area contributed by atoms with Crippen LogP contribution in [-0.2, 0) is 0 Å². The van der Waals surface area contributed by atoms with Crippen molar-refractivity contribution in [2.24, 2.45) is 0 Å². The Morgan fingerprint density at radius 2 is 1.56 bits per heavy atom. The summed E-state index contributed by atoms with van der Waals surface area (Å²) in [6.07, 6.45) is 1.76. The zero-order valence-corrected chi connectivity index (χ0v) is 17.4. The van der Waals surface area contributed by atoms with Crippen molar-refractivity contribution in [2.45, 2.75) is 27.7 Å². The average Bonchev–Trinajstić information content (AvgIpc) is 2.99. The molecule has 0 unspecified atom stereocenters. The molecule has 0 amide bonds. The van der Waals surface area contributed by atoms with Crippen LogP contribution in [0.15, 0.2) is 35.5 Å². The van der Waals surface area contributed by atoms with Gasteiger partial charge in [-0.15, -0.1) is 0 Å². The van der Waals surface area contributed by atoms with Gasteiger partial charge in [0.2, 0.25) is 0 Å². The van der Waals surface area contributed by atoms with Crippen molar-refractivity contribution < 1.29 is 13.1 Å². The van der Waals surface area contributed by atoms with Crippen molar-refractivity contribution in [3.05, 3.63) is 73.1 Å². The highest BCUT2D eigenvalue weighted by Crippen LogP contribution is 2.47. The zero-order chi connectivity index (χ0) is 19.8. The highest BCUT2D eigenvalue weighted by molar-refractivity contribution is 6.58. The molecule has 0 N–H and O–H groups in total. The smallest absolute Gasteiger partial charge is 0.393 e. The third kappa shape index (κ3) is 2.48. The second-order valence-electron chi connectivity index (χ2n) is 7.08. The van der Waals surface area contributed by atoms with E-state index in [0.29, 0.717) is 49.0 Å². The van der Waals surface area contributed by atoms with Crippen LogP contribution in [0.5, 0.6) is 0 Å². The first-order valence-corrected chi connectivity index (χ1v) is 9.61. The molecular weight excluding hydrogens is 411 g/mol. The van der Waals surface area contributed by atoms with Gasteiger partial charge in [-0.1, -0.05) is 34.8 Å². The van der Waals surface area contributed by atoms with E-state index >= 15 is 8.63 Å². The van der Waals surface area contributed by atoms with Gasteiger partial charge in [-0.3, -0.25) is 0 Å². The van der Waals surface area contributed by atoms with Crippen LogP contribution < -0.4 is 0 Å². The van der Waals surface area contributed by atoms with Gasteiger partial charge in [-0.25, -0.2) is 0 Å². The molecule has 0 fully saturated rings. The summed E-state index contributed by atoms with van der Waals surface area (Å²) in [5.74, 6) is 0. The summed E-state index contributed by atoms with van der Waals surface area (Å²) >= 11 is 19.1. The highest BCUT2D eigenvalue weighted by atomic mass is 35.5. The van der Waals surface area contributed by atoms with Gasteiger partial charge in [0.15, 0.2) is 5.70 Å². The standard InChI is InChI=1S/C19H16BCl3F2N2/c1-9-5-11(3)26-18(9)17(16-14(22)7-13(21)8-15(16)23)19-10(2)6-12(4)27(19)20(26,24)25/h5-8H,1-4H3. The van der Waals surface area contributed by atoms with E-state index in [2.05, 4.69) is 0 Å².